The number of aromatic nitrogens is 4. The van der Waals surface area contributed by atoms with Crippen molar-refractivity contribution < 1.29 is 9.29 Å². The molecule has 2 fully saturated rings. The third kappa shape index (κ3) is 3.36. The van der Waals surface area contributed by atoms with Gasteiger partial charge < -0.3 is 15.0 Å². The summed E-state index contributed by atoms with van der Waals surface area (Å²) in [4.78, 5) is 18.6. The molecule has 1 aliphatic carbocycles. The van der Waals surface area contributed by atoms with E-state index in [4.69, 9.17) is 20.4 Å². The van der Waals surface area contributed by atoms with Crippen molar-refractivity contribution >= 4 is 38.4 Å². The van der Waals surface area contributed by atoms with Crippen LogP contribution < -0.4 is 5.73 Å². The van der Waals surface area contributed by atoms with Crippen LogP contribution in [0.1, 0.15) is 30.7 Å². The molecule has 1 unspecified atom stereocenters. The van der Waals surface area contributed by atoms with Crippen LogP contribution in [0, 0.1) is 0 Å². The Hall–Kier alpha value is -2.59. The predicted octanol–water partition coefficient (Wildman–Crippen LogP) is 4.17. The number of hydrogen-bond donors (Lipinski definition) is 1. The lowest BCUT2D eigenvalue weighted by Crippen LogP contribution is -2.28. The van der Waals surface area contributed by atoms with Crippen LogP contribution in [0.25, 0.3) is 32.7 Å². The summed E-state index contributed by atoms with van der Waals surface area (Å²) < 4.78 is 19.2. The summed E-state index contributed by atoms with van der Waals surface area (Å²) in [7, 11) is 0. The molecule has 1 saturated carbocycles. The van der Waals surface area contributed by atoms with Crippen molar-refractivity contribution in [3.8, 4) is 22.5 Å². The van der Waals surface area contributed by atoms with Crippen molar-refractivity contribution in [3.63, 3.8) is 0 Å². The minimum Gasteiger partial charge on any atom is -0.611 e. The second-order valence-electron chi connectivity index (χ2n) is 8.23. The first kappa shape index (κ1) is 20.0. The molecule has 9 heteroatoms. The van der Waals surface area contributed by atoms with E-state index in [1.54, 1.807) is 12.4 Å². The van der Waals surface area contributed by atoms with Gasteiger partial charge in [0.05, 0.1) is 24.6 Å². The monoisotopic (exact) mass is 463 g/mol. The smallest absolute Gasteiger partial charge is 0.232 e. The molecular formula is C23H21N5O2S2. The Balaban J connectivity index is 1.51. The first-order valence-corrected chi connectivity index (χ1v) is 12.6. The Morgan fingerprint density at radius 3 is 2.53 bits per heavy atom. The Morgan fingerprint density at radius 1 is 1.09 bits per heavy atom. The zero-order valence-electron chi connectivity index (χ0n) is 17.2. The number of nitrogens with zero attached hydrogens (tertiary/aromatic N) is 4. The number of hydrogen-bond acceptors (Lipinski definition) is 8. The SMILES string of the molecule is Nc1c([S+]([O-])C2CCC2)sc2nc(-c3cncnc3)cc(-c3ccc(C4COC4)cn3)c12. The molecule has 1 aliphatic heterocycles. The quantitative estimate of drug-likeness (QED) is 0.442. The molecule has 1 atom stereocenters. The van der Waals surface area contributed by atoms with Gasteiger partial charge >= 0.3 is 0 Å². The summed E-state index contributed by atoms with van der Waals surface area (Å²) in [5.41, 5.74) is 11.6. The predicted molar refractivity (Wildman–Crippen MR) is 126 cm³/mol. The molecular weight excluding hydrogens is 442 g/mol. The molecule has 162 valence electrons. The van der Waals surface area contributed by atoms with Gasteiger partial charge in [0.1, 0.15) is 22.1 Å². The van der Waals surface area contributed by atoms with Crippen LogP contribution in [0.15, 0.2) is 47.3 Å². The van der Waals surface area contributed by atoms with Gasteiger partial charge in [0.25, 0.3) is 0 Å². The minimum absolute atomic E-state index is 0.193. The number of anilines is 1. The van der Waals surface area contributed by atoms with Gasteiger partial charge in [0, 0.05) is 52.2 Å². The van der Waals surface area contributed by atoms with Gasteiger partial charge in [-0.3, -0.25) is 4.98 Å². The fourth-order valence-corrected chi connectivity index (χ4v) is 7.21. The molecule has 7 nitrogen and oxygen atoms in total. The maximum atomic E-state index is 13.1. The highest BCUT2D eigenvalue weighted by Gasteiger charge is 2.35. The van der Waals surface area contributed by atoms with Gasteiger partial charge in [-0.15, -0.1) is 0 Å². The zero-order valence-corrected chi connectivity index (χ0v) is 18.9. The first-order valence-electron chi connectivity index (χ1n) is 10.6. The summed E-state index contributed by atoms with van der Waals surface area (Å²) in [6, 6.07) is 6.10. The Kier molecular flexibility index (Phi) is 5.06. The van der Waals surface area contributed by atoms with E-state index in [-0.39, 0.29) is 5.25 Å². The third-order valence-electron chi connectivity index (χ3n) is 6.23. The normalized spacial score (nSPS) is 17.8. The van der Waals surface area contributed by atoms with Crippen molar-refractivity contribution in [2.75, 3.05) is 18.9 Å². The van der Waals surface area contributed by atoms with Crippen LogP contribution >= 0.6 is 11.3 Å². The van der Waals surface area contributed by atoms with E-state index in [1.807, 2.05) is 18.3 Å². The van der Waals surface area contributed by atoms with Crippen molar-refractivity contribution in [1.29, 1.82) is 0 Å². The number of fused-ring (bicyclic) bond motifs is 1. The first-order chi connectivity index (χ1) is 15.7. The molecule has 2 aliphatic rings. The van der Waals surface area contributed by atoms with E-state index in [2.05, 4.69) is 16.0 Å². The van der Waals surface area contributed by atoms with Gasteiger partial charge in [0.2, 0.25) is 4.21 Å². The van der Waals surface area contributed by atoms with E-state index >= 15 is 0 Å². The second kappa shape index (κ2) is 8.08. The number of nitrogen functional groups attached to an aromatic ring is 1. The number of pyridine rings is 2. The van der Waals surface area contributed by atoms with Gasteiger partial charge in [-0.2, -0.15) is 0 Å². The largest absolute Gasteiger partial charge is 0.611 e. The van der Waals surface area contributed by atoms with Crippen LogP contribution in [0.4, 0.5) is 5.69 Å². The number of thiophene rings is 1. The lowest BCUT2D eigenvalue weighted by Gasteiger charge is -2.27. The number of ether oxygens (including phenoxy) is 1. The topological polar surface area (TPSA) is 110 Å². The standard InChI is InChI=1S/C23H21N5O2S2/c24-21-20-17(18-5-4-13(9-27-18)15-10-30-11-15)6-19(14-7-25-12-26-8-14)28-22(20)31-23(21)32(29)16-2-1-3-16/h4-9,12,15-16H,1-3,10-11,24H2. The highest BCUT2D eigenvalue weighted by Crippen LogP contribution is 2.45. The van der Waals surface area contributed by atoms with Crippen molar-refractivity contribution in [2.24, 2.45) is 0 Å². The fourth-order valence-electron chi connectivity index (χ4n) is 4.00. The summed E-state index contributed by atoms with van der Waals surface area (Å²) in [5.74, 6) is 0.411. The van der Waals surface area contributed by atoms with E-state index < -0.39 is 11.2 Å². The van der Waals surface area contributed by atoms with Crippen LogP contribution in [0.3, 0.4) is 0 Å². The highest BCUT2D eigenvalue weighted by molar-refractivity contribution is 7.94. The maximum Gasteiger partial charge on any atom is 0.232 e. The molecule has 0 amide bonds. The van der Waals surface area contributed by atoms with Crippen LogP contribution in [0.5, 0.6) is 0 Å². The fraction of sp³-hybridized carbons (Fsp3) is 0.304. The molecule has 2 N–H and O–H groups in total. The lowest BCUT2D eigenvalue weighted by atomic mass is 9.98. The summed E-state index contributed by atoms with van der Waals surface area (Å²) in [5, 5.41) is 1.02. The van der Waals surface area contributed by atoms with E-state index in [0.717, 1.165) is 69.4 Å². The van der Waals surface area contributed by atoms with E-state index in [0.29, 0.717) is 11.6 Å². The molecule has 4 aromatic heterocycles. The Labute approximate surface area is 192 Å². The van der Waals surface area contributed by atoms with Crippen molar-refractivity contribution in [1.82, 2.24) is 19.9 Å². The maximum absolute atomic E-state index is 13.1. The van der Waals surface area contributed by atoms with Gasteiger partial charge in [-0.05, 0) is 37.0 Å². The molecule has 32 heavy (non-hydrogen) atoms. The Morgan fingerprint density at radius 2 is 1.91 bits per heavy atom. The van der Waals surface area contributed by atoms with Gasteiger partial charge in [0.15, 0.2) is 0 Å². The molecule has 1 saturated heterocycles. The molecule has 0 radical (unpaired) electrons. The molecule has 0 aromatic carbocycles. The van der Waals surface area contributed by atoms with Crippen LogP contribution in [-0.2, 0) is 15.9 Å². The van der Waals surface area contributed by atoms with E-state index in [9.17, 15) is 4.55 Å². The van der Waals surface area contributed by atoms with Crippen molar-refractivity contribution in [3.05, 3.63) is 48.7 Å². The average molecular weight is 464 g/mol. The molecule has 0 spiro atoms. The average Bonchev–Trinajstić information content (AvgIpc) is 3.08. The number of rotatable bonds is 5. The molecule has 4 aromatic rings. The van der Waals surface area contributed by atoms with E-state index in [1.165, 1.54) is 23.2 Å². The minimum atomic E-state index is -1.11. The van der Waals surface area contributed by atoms with Crippen LogP contribution in [0.2, 0.25) is 0 Å². The Bertz CT molecular complexity index is 1270. The summed E-state index contributed by atoms with van der Waals surface area (Å²) in [6.07, 6.45) is 9.99. The van der Waals surface area contributed by atoms with Gasteiger partial charge in [-0.1, -0.05) is 17.4 Å². The summed E-state index contributed by atoms with van der Waals surface area (Å²) in [6.45, 7) is 1.49. The second-order valence-corrected chi connectivity index (χ2v) is 11.2. The molecule has 6 rings (SSSR count). The molecule has 5 heterocycles. The number of nitrogens with two attached hydrogens (primary N) is 1. The van der Waals surface area contributed by atoms with Gasteiger partial charge in [-0.25, -0.2) is 15.0 Å². The summed E-state index contributed by atoms with van der Waals surface area (Å²) >= 11 is 0.316. The lowest BCUT2D eigenvalue weighted by molar-refractivity contribution is 0.00830. The zero-order chi connectivity index (χ0) is 21.7. The highest BCUT2D eigenvalue weighted by atomic mass is 32.2. The van der Waals surface area contributed by atoms with Crippen LogP contribution in [-0.4, -0.2) is 43.0 Å². The van der Waals surface area contributed by atoms with Crippen molar-refractivity contribution in [2.45, 2.75) is 34.6 Å². The third-order valence-corrected chi connectivity index (χ3v) is 9.53. The molecule has 0 bridgehead atoms.